The monoisotopic (exact) mass is 300 g/mol. The molecular formula is C17H32O2S. The van der Waals surface area contributed by atoms with Crippen molar-refractivity contribution in [2.75, 3.05) is 12.9 Å². The summed E-state index contributed by atoms with van der Waals surface area (Å²) in [5, 5.41) is 0. The van der Waals surface area contributed by atoms with E-state index in [4.69, 9.17) is 4.74 Å². The third-order valence-corrected chi connectivity index (χ3v) is 5.59. The Morgan fingerprint density at radius 1 is 0.950 bits per heavy atom. The predicted octanol–water partition coefficient (Wildman–Crippen LogP) is 5.35. The van der Waals surface area contributed by atoms with Crippen molar-refractivity contribution in [3.05, 3.63) is 0 Å². The second-order valence-corrected chi connectivity index (χ2v) is 7.42. The molecule has 2 nitrogen and oxygen atoms in total. The molecule has 1 saturated heterocycles. The van der Waals surface area contributed by atoms with E-state index in [-0.39, 0.29) is 10.7 Å². The molecule has 0 aromatic heterocycles. The molecule has 0 aromatic carbocycles. The van der Waals surface area contributed by atoms with Crippen molar-refractivity contribution in [2.24, 2.45) is 0 Å². The van der Waals surface area contributed by atoms with Crippen LogP contribution in [0, 0.1) is 0 Å². The van der Waals surface area contributed by atoms with Gasteiger partial charge in [-0.2, -0.15) is 0 Å². The normalized spacial score (nSPS) is 20.9. The third-order valence-electron chi connectivity index (χ3n) is 4.23. The molecule has 0 saturated carbocycles. The van der Waals surface area contributed by atoms with Crippen LogP contribution in [0.15, 0.2) is 0 Å². The molecule has 1 atom stereocenters. The summed E-state index contributed by atoms with van der Waals surface area (Å²) in [6.07, 6.45) is 16.0. The highest BCUT2D eigenvalue weighted by Crippen LogP contribution is 2.49. The zero-order valence-electron chi connectivity index (χ0n) is 13.4. The van der Waals surface area contributed by atoms with Crippen LogP contribution in [0.5, 0.6) is 0 Å². The van der Waals surface area contributed by atoms with Gasteiger partial charge in [0, 0.05) is 5.75 Å². The Hall–Kier alpha value is -0.180. The lowest BCUT2D eigenvalue weighted by molar-refractivity contribution is -0.142. The van der Waals surface area contributed by atoms with Crippen LogP contribution in [0.2, 0.25) is 0 Å². The molecular weight excluding hydrogens is 268 g/mol. The number of esters is 1. The van der Waals surface area contributed by atoms with Crippen LogP contribution in [0.1, 0.15) is 84.0 Å². The van der Waals surface area contributed by atoms with Gasteiger partial charge >= 0.3 is 5.97 Å². The molecule has 1 unspecified atom stereocenters. The molecule has 1 heterocycles. The van der Waals surface area contributed by atoms with Crippen molar-refractivity contribution in [2.45, 2.75) is 88.7 Å². The minimum absolute atomic E-state index is 0.00502. The highest BCUT2D eigenvalue weighted by molar-refractivity contribution is 8.08. The quantitative estimate of drug-likeness (QED) is 0.261. The van der Waals surface area contributed by atoms with Gasteiger partial charge in [0.2, 0.25) is 0 Å². The highest BCUT2D eigenvalue weighted by atomic mass is 32.2. The molecule has 0 bridgehead atoms. The number of carbonyl (C=O) groups excluding carboxylic acids is 1. The average molecular weight is 301 g/mol. The van der Waals surface area contributed by atoms with Crippen molar-refractivity contribution >= 4 is 17.7 Å². The van der Waals surface area contributed by atoms with Crippen LogP contribution in [0.3, 0.4) is 0 Å². The van der Waals surface area contributed by atoms with Crippen molar-refractivity contribution in [1.82, 2.24) is 0 Å². The first-order valence-electron chi connectivity index (χ1n) is 8.47. The number of thioether (sulfide) groups is 1. The number of unbranched alkanes of at least 4 members (excludes halogenated alkanes) is 10. The van der Waals surface area contributed by atoms with E-state index in [9.17, 15) is 4.79 Å². The fourth-order valence-electron chi connectivity index (χ4n) is 2.71. The largest absolute Gasteiger partial charge is 0.468 e. The van der Waals surface area contributed by atoms with E-state index in [1.54, 1.807) is 11.8 Å². The summed E-state index contributed by atoms with van der Waals surface area (Å²) >= 11 is 1.76. The van der Waals surface area contributed by atoms with Gasteiger partial charge in [-0.05, 0) is 6.42 Å². The van der Waals surface area contributed by atoms with Crippen LogP contribution in [-0.4, -0.2) is 23.6 Å². The minimum atomic E-state index is -0.145. The van der Waals surface area contributed by atoms with Crippen LogP contribution in [0.25, 0.3) is 0 Å². The summed E-state index contributed by atoms with van der Waals surface area (Å²) in [5.74, 6) is 0.965. The molecule has 0 radical (unpaired) electrons. The van der Waals surface area contributed by atoms with Gasteiger partial charge in [-0.1, -0.05) is 77.6 Å². The van der Waals surface area contributed by atoms with E-state index in [0.717, 1.165) is 12.2 Å². The summed E-state index contributed by atoms with van der Waals surface area (Å²) in [6.45, 7) is 2.27. The van der Waals surface area contributed by atoms with E-state index < -0.39 is 0 Å². The summed E-state index contributed by atoms with van der Waals surface area (Å²) in [5.41, 5.74) is 0. The van der Waals surface area contributed by atoms with Crippen molar-refractivity contribution < 1.29 is 9.53 Å². The Bertz CT molecular complexity index is 262. The number of rotatable bonds is 13. The number of ether oxygens (including phenoxy) is 1. The molecule has 0 amide bonds. The molecule has 0 aliphatic carbocycles. The molecule has 1 rings (SSSR count). The smallest absolute Gasteiger partial charge is 0.322 e. The molecule has 1 fully saturated rings. The average Bonchev–Trinajstić information content (AvgIpc) is 3.25. The van der Waals surface area contributed by atoms with Gasteiger partial charge in [-0.15, -0.1) is 11.8 Å². The summed E-state index contributed by atoms with van der Waals surface area (Å²) in [4.78, 5) is 11.6. The molecule has 1 aliphatic rings. The van der Waals surface area contributed by atoms with Crippen molar-refractivity contribution in [3.63, 3.8) is 0 Å². The maximum atomic E-state index is 11.6. The number of hydrogen-bond donors (Lipinski definition) is 0. The summed E-state index contributed by atoms with van der Waals surface area (Å²) in [7, 11) is 1.50. The van der Waals surface area contributed by atoms with Gasteiger partial charge in [0.05, 0.1) is 7.11 Å². The van der Waals surface area contributed by atoms with E-state index in [1.165, 1.54) is 77.7 Å². The lowest BCUT2D eigenvalue weighted by Crippen LogP contribution is -2.24. The van der Waals surface area contributed by atoms with E-state index in [0.29, 0.717) is 0 Å². The maximum absolute atomic E-state index is 11.6. The van der Waals surface area contributed by atoms with Gasteiger partial charge in [-0.25, -0.2) is 0 Å². The molecule has 0 N–H and O–H groups in total. The van der Waals surface area contributed by atoms with E-state index >= 15 is 0 Å². The van der Waals surface area contributed by atoms with E-state index in [1.807, 2.05) is 0 Å². The summed E-state index contributed by atoms with van der Waals surface area (Å²) < 4.78 is 4.72. The highest BCUT2D eigenvalue weighted by Gasteiger charge is 2.51. The minimum Gasteiger partial charge on any atom is -0.468 e. The molecule has 3 heteroatoms. The second kappa shape index (κ2) is 10.5. The molecule has 0 aromatic rings. The van der Waals surface area contributed by atoms with Gasteiger partial charge < -0.3 is 4.74 Å². The lowest BCUT2D eigenvalue weighted by atomic mass is 10.0. The lowest BCUT2D eigenvalue weighted by Gasteiger charge is -2.10. The Balaban J connectivity index is 1.82. The zero-order chi connectivity index (χ0) is 14.7. The fourth-order valence-corrected chi connectivity index (χ4v) is 3.64. The van der Waals surface area contributed by atoms with E-state index in [2.05, 4.69) is 6.92 Å². The summed E-state index contributed by atoms with van der Waals surface area (Å²) in [6, 6.07) is 0. The van der Waals surface area contributed by atoms with Crippen LogP contribution >= 0.6 is 11.8 Å². The molecule has 0 spiro atoms. The van der Waals surface area contributed by atoms with Crippen LogP contribution in [-0.2, 0) is 9.53 Å². The Kier molecular flexibility index (Phi) is 9.41. The molecule has 1 aliphatic heterocycles. The van der Waals surface area contributed by atoms with Crippen LogP contribution < -0.4 is 0 Å². The maximum Gasteiger partial charge on any atom is 0.322 e. The second-order valence-electron chi connectivity index (χ2n) is 6.06. The van der Waals surface area contributed by atoms with Crippen molar-refractivity contribution in [3.8, 4) is 0 Å². The van der Waals surface area contributed by atoms with Gasteiger partial charge in [-0.3, -0.25) is 4.79 Å². The number of carbonyl (C=O) groups is 1. The zero-order valence-corrected chi connectivity index (χ0v) is 14.2. The first-order chi connectivity index (χ1) is 9.75. The molecule has 118 valence electrons. The number of methoxy groups -OCH3 is 1. The standard InChI is InChI=1S/C17H32O2S/c1-3-4-5-6-7-8-9-10-11-12-13-14-17(15-20-17)16(18)19-2/h3-15H2,1-2H3. The first-order valence-corrected chi connectivity index (χ1v) is 9.46. The number of hydrogen-bond acceptors (Lipinski definition) is 3. The SMILES string of the molecule is CCCCCCCCCCCCCC1(C(=O)OC)CS1. The van der Waals surface area contributed by atoms with Gasteiger partial charge in [0.1, 0.15) is 4.75 Å². The molecule has 20 heavy (non-hydrogen) atoms. The Labute approximate surface area is 129 Å². The third kappa shape index (κ3) is 7.01. The van der Waals surface area contributed by atoms with Crippen LogP contribution in [0.4, 0.5) is 0 Å². The topological polar surface area (TPSA) is 26.3 Å². The van der Waals surface area contributed by atoms with Crippen molar-refractivity contribution in [1.29, 1.82) is 0 Å². The first kappa shape index (κ1) is 17.9. The fraction of sp³-hybridized carbons (Fsp3) is 0.941. The van der Waals surface area contributed by atoms with Gasteiger partial charge in [0.15, 0.2) is 0 Å². The Morgan fingerprint density at radius 3 is 1.80 bits per heavy atom. The van der Waals surface area contributed by atoms with Gasteiger partial charge in [0.25, 0.3) is 0 Å². The Morgan fingerprint density at radius 2 is 1.40 bits per heavy atom. The predicted molar refractivity (Wildman–Crippen MR) is 88.3 cm³/mol.